The quantitative estimate of drug-likeness (QED) is 0.601. The zero-order valence-corrected chi connectivity index (χ0v) is 10.5. The second-order valence-corrected chi connectivity index (χ2v) is 3.65. The maximum Gasteiger partial charge on any atom is 0.325 e. The Labute approximate surface area is 105 Å². The molecule has 0 aromatic heterocycles. The van der Waals surface area contributed by atoms with Crippen LogP contribution in [0.15, 0.2) is 18.2 Å². The molecule has 0 atom stereocenters. The lowest BCUT2D eigenvalue weighted by molar-refractivity contribution is -0.138. The van der Waals surface area contributed by atoms with E-state index in [1.807, 2.05) is 0 Å². The Morgan fingerprint density at radius 2 is 2.18 bits per heavy atom. The summed E-state index contributed by atoms with van der Waals surface area (Å²) in [6, 6.07) is 5.20. The van der Waals surface area contributed by atoms with Gasteiger partial charge >= 0.3 is 5.97 Å². The topological polar surface area (TPSA) is 73.6 Å². The molecule has 0 heterocycles. The number of hydrogen-bond donors (Lipinski definition) is 2. The van der Waals surface area contributed by atoms with Crippen LogP contribution in [0.1, 0.15) is 5.56 Å². The van der Waals surface area contributed by atoms with Crippen LogP contribution in [0.2, 0.25) is 0 Å². The van der Waals surface area contributed by atoms with Gasteiger partial charge in [0.1, 0.15) is 17.3 Å². The average Bonchev–Trinajstić information content (AvgIpc) is 2.35. The van der Waals surface area contributed by atoms with Crippen LogP contribution in [0.5, 0.6) is 5.75 Å². The first-order chi connectivity index (χ1) is 8.08. The summed E-state index contributed by atoms with van der Waals surface area (Å²) in [5, 5.41) is 2.90. The molecule has 1 aromatic rings. The summed E-state index contributed by atoms with van der Waals surface area (Å²) in [6.45, 7) is 0.0410. The number of carbonyl (C=O) groups is 1. The highest BCUT2D eigenvalue weighted by atomic mass is 32.1. The van der Waals surface area contributed by atoms with Crippen LogP contribution in [0, 0.1) is 0 Å². The molecule has 5 nitrogen and oxygen atoms in total. The molecule has 3 N–H and O–H groups in total. The van der Waals surface area contributed by atoms with Crippen molar-refractivity contribution >= 4 is 28.9 Å². The number of nitrogens with two attached hydrogens (primary N) is 1. The first-order valence-corrected chi connectivity index (χ1v) is 5.28. The maximum absolute atomic E-state index is 11.0. The molecule has 0 bridgehead atoms. The minimum Gasteiger partial charge on any atom is -0.497 e. The van der Waals surface area contributed by atoms with Crippen molar-refractivity contribution in [2.24, 2.45) is 5.73 Å². The maximum atomic E-state index is 11.0. The zero-order valence-electron chi connectivity index (χ0n) is 9.65. The van der Waals surface area contributed by atoms with E-state index in [2.05, 4.69) is 10.1 Å². The summed E-state index contributed by atoms with van der Waals surface area (Å²) in [5.41, 5.74) is 6.88. The van der Waals surface area contributed by atoms with E-state index < -0.39 is 0 Å². The van der Waals surface area contributed by atoms with E-state index in [0.29, 0.717) is 17.0 Å². The largest absolute Gasteiger partial charge is 0.497 e. The summed E-state index contributed by atoms with van der Waals surface area (Å²) in [4.78, 5) is 11.3. The number of thiocarbonyl (C=S) groups is 1. The Morgan fingerprint density at radius 3 is 2.71 bits per heavy atom. The lowest BCUT2D eigenvalue weighted by atomic mass is 10.1. The van der Waals surface area contributed by atoms with Crippen LogP contribution in [0.25, 0.3) is 0 Å². The third-order valence-corrected chi connectivity index (χ3v) is 2.36. The molecule has 92 valence electrons. The van der Waals surface area contributed by atoms with Gasteiger partial charge in [-0.05, 0) is 12.1 Å². The predicted octanol–water partition coefficient (Wildman–Crippen LogP) is 0.914. The summed E-state index contributed by atoms with van der Waals surface area (Å²) in [7, 11) is 2.88. The van der Waals surface area contributed by atoms with Crippen molar-refractivity contribution in [3.8, 4) is 5.75 Å². The van der Waals surface area contributed by atoms with Gasteiger partial charge in [-0.1, -0.05) is 12.2 Å². The molecule has 1 rings (SSSR count). The monoisotopic (exact) mass is 254 g/mol. The fourth-order valence-electron chi connectivity index (χ4n) is 1.25. The molecular weight excluding hydrogens is 240 g/mol. The Morgan fingerprint density at radius 1 is 1.47 bits per heavy atom. The van der Waals surface area contributed by atoms with Crippen molar-refractivity contribution in [2.45, 2.75) is 0 Å². The molecule has 0 amide bonds. The number of methoxy groups -OCH3 is 2. The first-order valence-electron chi connectivity index (χ1n) is 4.87. The van der Waals surface area contributed by atoms with Crippen molar-refractivity contribution in [3.63, 3.8) is 0 Å². The average molecular weight is 254 g/mol. The predicted molar refractivity (Wildman–Crippen MR) is 69.4 cm³/mol. The molecular formula is C11H14N2O3S. The van der Waals surface area contributed by atoms with Crippen molar-refractivity contribution in [3.05, 3.63) is 23.8 Å². The second-order valence-electron chi connectivity index (χ2n) is 3.21. The van der Waals surface area contributed by atoms with Gasteiger partial charge in [-0.25, -0.2) is 0 Å². The first kappa shape index (κ1) is 13.2. The van der Waals surface area contributed by atoms with E-state index in [0.717, 1.165) is 0 Å². The van der Waals surface area contributed by atoms with Gasteiger partial charge in [0.25, 0.3) is 0 Å². The van der Waals surface area contributed by atoms with Gasteiger partial charge in [0.15, 0.2) is 0 Å². The molecule has 0 unspecified atom stereocenters. The molecule has 17 heavy (non-hydrogen) atoms. The van der Waals surface area contributed by atoms with E-state index >= 15 is 0 Å². The Balaban J connectivity index is 2.93. The normalized spacial score (nSPS) is 9.53. The Kier molecular flexibility index (Phi) is 4.71. The van der Waals surface area contributed by atoms with Gasteiger partial charge < -0.3 is 20.5 Å². The third-order valence-electron chi connectivity index (χ3n) is 2.14. The smallest absolute Gasteiger partial charge is 0.325 e. The van der Waals surface area contributed by atoms with E-state index in [1.165, 1.54) is 7.11 Å². The van der Waals surface area contributed by atoms with Gasteiger partial charge in [-0.15, -0.1) is 0 Å². The van der Waals surface area contributed by atoms with Crippen molar-refractivity contribution < 1.29 is 14.3 Å². The van der Waals surface area contributed by atoms with Gasteiger partial charge in [-0.2, -0.15) is 0 Å². The number of carbonyl (C=O) groups excluding carboxylic acids is 1. The molecule has 1 aromatic carbocycles. The van der Waals surface area contributed by atoms with Crippen LogP contribution in [-0.4, -0.2) is 31.7 Å². The van der Waals surface area contributed by atoms with E-state index in [9.17, 15) is 4.79 Å². The standard InChI is InChI=1S/C11H14N2O3S/c1-15-7-3-4-8(11(12)17)9(5-7)13-6-10(14)16-2/h3-5,13H,6H2,1-2H3,(H2,12,17). The number of benzene rings is 1. The highest BCUT2D eigenvalue weighted by Gasteiger charge is 2.08. The van der Waals surface area contributed by atoms with Crippen LogP contribution in [-0.2, 0) is 9.53 Å². The third kappa shape index (κ3) is 3.60. The molecule has 6 heteroatoms. The minimum atomic E-state index is -0.373. The van der Waals surface area contributed by atoms with Crippen LogP contribution in [0.3, 0.4) is 0 Å². The molecule has 0 aliphatic heterocycles. The van der Waals surface area contributed by atoms with E-state index in [-0.39, 0.29) is 17.5 Å². The van der Waals surface area contributed by atoms with Gasteiger partial charge in [0.2, 0.25) is 0 Å². The van der Waals surface area contributed by atoms with Gasteiger partial charge in [0.05, 0.1) is 14.2 Å². The molecule has 0 radical (unpaired) electrons. The fourth-order valence-corrected chi connectivity index (χ4v) is 1.43. The fraction of sp³-hybridized carbons (Fsp3) is 0.273. The highest BCUT2D eigenvalue weighted by Crippen LogP contribution is 2.22. The zero-order chi connectivity index (χ0) is 12.8. The molecule has 0 fully saturated rings. The summed E-state index contributed by atoms with van der Waals surface area (Å²) in [5.74, 6) is 0.277. The molecule has 0 aliphatic rings. The SMILES string of the molecule is COC(=O)CNc1cc(OC)ccc1C(N)=S. The van der Waals surface area contributed by atoms with Crippen molar-refractivity contribution in [2.75, 3.05) is 26.1 Å². The number of ether oxygens (including phenoxy) is 2. The molecule has 0 saturated carbocycles. The van der Waals surface area contributed by atoms with Gasteiger partial charge in [0, 0.05) is 17.3 Å². The minimum absolute atomic E-state index is 0.0410. The number of rotatable bonds is 5. The summed E-state index contributed by atoms with van der Waals surface area (Å²) < 4.78 is 9.61. The summed E-state index contributed by atoms with van der Waals surface area (Å²) in [6.07, 6.45) is 0. The van der Waals surface area contributed by atoms with Crippen molar-refractivity contribution in [1.82, 2.24) is 0 Å². The second kappa shape index (κ2) is 6.05. The Bertz CT molecular complexity index is 435. The van der Waals surface area contributed by atoms with E-state index in [4.69, 9.17) is 22.7 Å². The lowest BCUT2D eigenvalue weighted by Crippen LogP contribution is -2.18. The number of nitrogens with one attached hydrogen (secondary N) is 1. The van der Waals surface area contributed by atoms with Crippen LogP contribution in [0.4, 0.5) is 5.69 Å². The number of anilines is 1. The van der Waals surface area contributed by atoms with Crippen LogP contribution < -0.4 is 15.8 Å². The highest BCUT2D eigenvalue weighted by molar-refractivity contribution is 7.80. The number of hydrogen-bond acceptors (Lipinski definition) is 5. The summed E-state index contributed by atoms with van der Waals surface area (Å²) >= 11 is 4.92. The molecule has 0 saturated heterocycles. The molecule has 0 aliphatic carbocycles. The Hall–Kier alpha value is -1.82. The van der Waals surface area contributed by atoms with Gasteiger partial charge in [-0.3, -0.25) is 4.79 Å². The van der Waals surface area contributed by atoms with E-state index in [1.54, 1.807) is 25.3 Å². The molecule has 0 spiro atoms. The van der Waals surface area contributed by atoms with Crippen molar-refractivity contribution in [1.29, 1.82) is 0 Å². The lowest BCUT2D eigenvalue weighted by Gasteiger charge is -2.11. The number of esters is 1. The van der Waals surface area contributed by atoms with Crippen LogP contribution >= 0.6 is 12.2 Å².